The van der Waals surface area contributed by atoms with Crippen LogP contribution in [0.4, 0.5) is 5.69 Å². The van der Waals surface area contributed by atoms with Crippen molar-refractivity contribution >= 4 is 35.4 Å². The predicted molar refractivity (Wildman–Crippen MR) is 127 cm³/mol. The lowest BCUT2D eigenvalue weighted by Gasteiger charge is -2.14. The number of hydrazone groups is 1. The van der Waals surface area contributed by atoms with Crippen LogP contribution in [0.5, 0.6) is 11.5 Å². The molecule has 34 heavy (non-hydrogen) atoms. The van der Waals surface area contributed by atoms with E-state index in [1.807, 2.05) is 6.92 Å². The molecule has 3 aromatic rings. The Kier molecular flexibility index (Phi) is 7.94. The molecule has 174 valence electrons. The highest BCUT2D eigenvalue weighted by Gasteiger charge is 2.16. The number of ether oxygens (including phenoxy) is 2. The summed E-state index contributed by atoms with van der Waals surface area (Å²) in [5.74, 6) is -0.454. The minimum Gasteiger partial charge on any atom is -0.481 e. The van der Waals surface area contributed by atoms with Gasteiger partial charge in [0.2, 0.25) is 0 Å². The van der Waals surface area contributed by atoms with Gasteiger partial charge in [0.25, 0.3) is 11.6 Å². The van der Waals surface area contributed by atoms with E-state index in [0.29, 0.717) is 16.3 Å². The third-order valence-electron chi connectivity index (χ3n) is 4.56. The monoisotopic (exact) mass is 481 g/mol. The molecule has 0 radical (unpaired) electrons. The fraction of sp³-hybridized carbons (Fsp3) is 0.125. The van der Waals surface area contributed by atoms with Gasteiger partial charge in [-0.2, -0.15) is 5.10 Å². The number of non-ortho nitro benzene ring substituents is 1. The Balaban J connectivity index is 1.58. The Hall–Kier alpha value is -4.24. The number of halogens is 1. The minimum atomic E-state index is -0.806. The number of rotatable bonds is 8. The van der Waals surface area contributed by atoms with E-state index in [-0.39, 0.29) is 17.0 Å². The van der Waals surface area contributed by atoms with E-state index < -0.39 is 22.9 Å². The SMILES string of the molecule is Cc1cc(Cl)ccc1OC(C)C(=O)NN=Cc1cccc(OC(=O)c2cccc([N+](=O)[O-])c2)c1. The zero-order valence-electron chi connectivity index (χ0n) is 18.2. The zero-order chi connectivity index (χ0) is 24.7. The van der Waals surface area contributed by atoms with E-state index in [1.165, 1.54) is 30.5 Å². The van der Waals surface area contributed by atoms with E-state index in [2.05, 4.69) is 10.5 Å². The molecule has 0 aromatic heterocycles. The quantitative estimate of drug-likeness (QED) is 0.164. The summed E-state index contributed by atoms with van der Waals surface area (Å²) < 4.78 is 10.9. The van der Waals surface area contributed by atoms with Crippen LogP contribution in [0.25, 0.3) is 0 Å². The van der Waals surface area contributed by atoms with Crippen LogP contribution in [0, 0.1) is 17.0 Å². The molecule has 1 unspecified atom stereocenters. The normalized spacial score (nSPS) is 11.6. The summed E-state index contributed by atoms with van der Waals surface area (Å²) in [7, 11) is 0. The minimum absolute atomic E-state index is 0.0467. The molecule has 0 fully saturated rings. The third kappa shape index (κ3) is 6.63. The molecule has 3 rings (SSSR count). The Labute approximate surface area is 200 Å². The van der Waals surface area contributed by atoms with Crippen LogP contribution in [0.2, 0.25) is 5.02 Å². The highest BCUT2D eigenvalue weighted by atomic mass is 35.5. The van der Waals surface area contributed by atoms with E-state index in [0.717, 1.165) is 11.6 Å². The molecule has 0 heterocycles. The van der Waals surface area contributed by atoms with Gasteiger partial charge in [-0.3, -0.25) is 14.9 Å². The van der Waals surface area contributed by atoms with E-state index in [4.69, 9.17) is 21.1 Å². The number of nitro groups is 1. The molecule has 0 aliphatic rings. The number of hydrogen-bond acceptors (Lipinski definition) is 7. The second kappa shape index (κ2) is 11.1. The second-order valence-electron chi connectivity index (χ2n) is 7.17. The average Bonchev–Trinajstić information content (AvgIpc) is 2.81. The number of amides is 1. The van der Waals surface area contributed by atoms with Crippen molar-refractivity contribution in [2.75, 3.05) is 0 Å². The number of benzene rings is 3. The average molecular weight is 482 g/mol. The van der Waals surface area contributed by atoms with Gasteiger partial charge in [-0.25, -0.2) is 10.2 Å². The fourth-order valence-corrected chi connectivity index (χ4v) is 3.05. The van der Waals surface area contributed by atoms with Gasteiger partial charge in [0.15, 0.2) is 6.10 Å². The Morgan fingerprint density at radius 3 is 2.62 bits per heavy atom. The number of hydrogen-bond donors (Lipinski definition) is 1. The van der Waals surface area contributed by atoms with Crippen LogP contribution in [0.15, 0.2) is 71.8 Å². The second-order valence-corrected chi connectivity index (χ2v) is 7.61. The summed E-state index contributed by atoms with van der Waals surface area (Å²) in [5.41, 5.74) is 3.57. The molecule has 1 N–H and O–H groups in total. The number of carbonyl (C=O) groups excluding carboxylic acids is 2. The topological polar surface area (TPSA) is 120 Å². The number of nitrogens with one attached hydrogen (secondary N) is 1. The number of esters is 1. The lowest BCUT2D eigenvalue weighted by atomic mass is 10.2. The molecule has 10 heteroatoms. The van der Waals surface area contributed by atoms with Crippen LogP contribution in [-0.4, -0.2) is 29.1 Å². The number of aryl methyl sites for hydroxylation is 1. The van der Waals surface area contributed by atoms with Crippen LogP contribution in [0.1, 0.15) is 28.4 Å². The standard InChI is InChI=1S/C24H20ClN3O6/c1-15-11-19(25)9-10-22(15)33-16(2)23(29)27-26-14-17-5-3-8-21(12-17)34-24(30)18-6-4-7-20(13-18)28(31)32/h3-14,16H,1-2H3,(H,27,29). The van der Waals surface area contributed by atoms with Gasteiger partial charge >= 0.3 is 5.97 Å². The van der Waals surface area contributed by atoms with Gasteiger partial charge < -0.3 is 9.47 Å². The van der Waals surface area contributed by atoms with E-state index in [1.54, 1.807) is 43.3 Å². The van der Waals surface area contributed by atoms with Crippen molar-refractivity contribution in [3.8, 4) is 11.5 Å². The molecule has 1 amide bonds. The van der Waals surface area contributed by atoms with Crippen molar-refractivity contribution in [2.24, 2.45) is 5.10 Å². The summed E-state index contributed by atoms with van der Waals surface area (Å²) in [4.78, 5) is 34.9. The summed E-state index contributed by atoms with van der Waals surface area (Å²) in [6.07, 6.45) is 0.572. The van der Waals surface area contributed by atoms with Gasteiger partial charge in [-0.1, -0.05) is 29.8 Å². The number of carbonyl (C=O) groups is 2. The maximum atomic E-state index is 12.3. The summed E-state index contributed by atoms with van der Waals surface area (Å²) in [6, 6.07) is 16.7. The molecule has 9 nitrogen and oxygen atoms in total. The smallest absolute Gasteiger partial charge is 0.343 e. The molecule has 0 bridgehead atoms. The maximum absolute atomic E-state index is 12.3. The maximum Gasteiger partial charge on any atom is 0.343 e. The molecule has 0 aliphatic carbocycles. The first kappa shape index (κ1) is 24.4. The molecule has 0 aliphatic heterocycles. The highest BCUT2D eigenvalue weighted by molar-refractivity contribution is 6.30. The van der Waals surface area contributed by atoms with Crippen LogP contribution >= 0.6 is 11.6 Å². The van der Waals surface area contributed by atoms with Crippen molar-refractivity contribution in [3.05, 3.63) is 98.6 Å². The fourth-order valence-electron chi connectivity index (χ4n) is 2.82. The lowest BCUT2D eigenvalue weighted by Crippen LogP contribution is -2.33. The van der Waals surface area contributed by atoms with Crippen molar-refractivity contribution in [3.63, 3.8) is 0 Å². The first-order chi connectivity index (χ1) is 16.2. The van der Waals surface area contributed by atoms with Gasteiger partial charge in [0.05, 0.1) is 16.7 Å². The van der Waals surface area contributed by atoms with E-state index >= 15 is 0 Å². The Morgan fingerprint density at radius 1 is 1.12 bits per heavy atom. The van der Waals surface area contributed by atoms with Crippen LogP contribution in [0.3, 0.4) is 0 Å². The molecular weight excluding hydrogens is 462 g/mol. The van der Waals surface area contributed by atoms with Crippen molar-refractivity contribution in [2.45, 2.75) is 20.0 Å². The van der Waals surface area contributed by atoms with Crippen LogP contribution < -0.4 is 14.9 Å². The van der Waals surface area contributed by atoms with Crippen LogP contribution in [-0.2, 0) is 4.79 Å². The third-order valence-corrected chi connectivity index (χ3v) is 4.79. The Morgan fingerprint density at radius 2 is 1.88 bits per heavy atom. The molecule has 0 saturated carbocycles. The van der Waals surface area contributed by atoms with Crippen molar-refractivity contribution in [1.29, 1.82) is 0 Å². The molecule has 0 saturated heterocycles. The molecule has 3 aromatic carbocycles. The molecule has 1 atom stereocenters. The van der Waals surface area contributed by atoms with Crippen molar-refractivity contribution in [1.82, 2.24) is 5.43 Å². The molecule has 0 spiro atoms. The van der Waals surface area contributed by atoms with Crippen molar-refractivity contribution < 1.29 is 24.0 Å². The first-order valence-electron chi connectivity index (χ1n) is 10.1. The van der Waals surface area contributed by atoms with E-state index in [9.17, 15) is 19.7 Å². The number of nitrogens with zero attached hydrogens (tertiary/aromatic N) is 2. The predicted octanol–water partition coefficient (Wildman–Crippen LogP) is 4.69. The van der Waals surface area contributed by atoms with Gasteiger partial charge in [0, 0.05) is 17.2 Å². The zero-order valence-corrected chi connectivity index (χ0v) is 19.0. The van der Waals surface area contributed by atoms with Gasteiger partial charge in [-0.05, 0) is 61.4 Å². The lowest BCUT2D eigenvalue weighted by molar-refractivity contribution is -0.384. The number of nitro benzene ring substituents is 1. The summed E-state index contributed by atoms with van der Waals surface area (Å²) >= 11 is 5.92. The van der Waals surface area contributed by atoms with Gasteiger partial charge in [0.1, 0.15) is 11.5 Å². The first-order valence-corrected chi connectivity index (χ1v) is 10.4. The summed E-state index contributed by atoms with van der Waals surface area (Å²) in [6.45, 7) is 3.41. The largest absolute Gasteiger partial charge is 0.481 e. The van der Waals surface area contributed by atoms with Gasteiger partial charge in [-0.15, -0.1) is 0 Å². The summed E-state index contributed by atoms with van der Waals surface area (Å²) in [5, 5.41) is 15.4. The highest BCUT2D eigenvalue weighted by Crippen LogP contribution is 2.23. The Bertz CT molecular complexity index is 1260. The molecular formula is C24H20ClN3O6.